The maximum Gasteiger partial charge on any atom is 0.308 e. The van der Waals surface area contributed by atoms with E-state index in [0.717, 1.165) is 0 Å². The van der Waals surface area contributed by atoms with Crippen LogP contribution in [0.1, 0.15) is 18.0 Å². The molecule has 4 nitrogen and oxygen atoms in total. The van der Waals surface area contributed by atoms with Crippen molar-refractivity contribution in [1.29, 1.82) is 0 Å². The average molecular weight is 274 g/mol. The summed E-state index contributed by atoms with van der Waals surface area (Å²) in [4.78, 5) is 25.0. The number of isocyanates is 1. The van der Waals surface area contributed by atoms with E-state index in [4.69, 9.17) is 23.2 Å². The van der Waals surface area contributed by atoms with Gasteiger partial charge in [0.2, 0.25) is 6.08 Å². The van der Waals surface area contributed by atoms with Crippen molar-refractivity contribution < 1.29 is 14.3 Å². The lowest BCUT2D eigenvalue weighted by molar-refractivity contribution is -0.141. The summed E-state index contributed by atoms with van der Waals surface area (Å²) >= 11 is 11.8. The lowest BCUT2D eigenvalue weighted by Gasteiger charge is -2.12. The summed E-state index contributed by atoms with van der Waals surface area (Å²) in [6, 6.07) is 4.18. The van der Waals surface area contributed by atoms with Gasteiger partial charge < -0.3 is 4.74 Å². The SMILES string of the molecule is COC(=O)CC(N=C=O)c1cccc(Cl)c1Cl. The Bertz CT molecular complexity index is 470. The van der Waals surface area contributed by atoms with Crippen LogP contribution in [0.2, 0.25) is 10.0 Å². The van der Waals surface area contributed by atoms with Gasteiger partial charge in [-0.25, -0.2) is 4.79 Å². The van der Waals surface area contributed by atoms with E-state index in [0.29, 0.717) is 10.6 Å². The molecule has 0 spiro atoms. The van der Waals surface area contributed by atoms with Gasteiger partial charge in [-0.15, -0.1) is 0 Å². The monoisotopic (exact) mass is 273 g/mol. The molecule has 1 aromatic rings. The van der Waals surface area contributed by atoms with Gasteiger partial charge in [-0.05, 0) is 11.6 Å². The summed E-state index contributed by atoms with van der Waals surface area (Å²) in [5.74, 6) is -0.495. The van der Waals surface area contributed by atoms with E-state index in [9.17, 15) is 9.59 Å². The van der Waals surface area contributed by atoms with Gasteiger partial charge in [-0.1, -0.05) is 35.3 Å². The third kappa shape index (κ3) is 3.56. The Morgan fingerprint density at radius 3 is 2.82 bits per heavy atom. The predicted molar refractivity (Wildman–Crippen MR) is 64.0 cm³/mol. The number of esters is 1. The zero-order valence-electron chi connectivity index (χ0n) is 8.94. The molecule has 1 unspecified atom stereocenters. The Morgan fingerprint density at radius 1 is 1.53 bits per heavy atom. The summed E-state index contributed by atoms with van der Waals surface area (Å²) < 4.78 is 4.51. The number of nitrogens with zero attached hydrogens (tertiary/aromatic N) is 1. The van der Waals surface area contributed by atoms with E-state index in [-0.39, 0.29) is 11.4 Å². The minimum atomic E-state index is -0.730. The molecule has 0 fully saturated rings. The van der Waals surface area contributed by atoms with Crippen molar-refractivity contribution in [1.82, 2.24) is 0 Å². The molecule has 0 aliphatic carbocycles. The number of aliphatic imine (C=N–C) groups is 1. The second-order valence-electron chi connectivity index (χ2n) is 3.16. The molecular formula is C11H9Cl2NO3. The number of hydrogen-bond donors (Lipinski definition) is 0. The highest BCUT2D eigenvalue weighted by Crippen LogP contribution is 2.33. The van der Waals surface area contributed by atoms with Crippen LogP contribution >= 0.6 is 23.2 Å². The zero-order valence-corrected chi connectivity index (χ0v) is 10.5. The van der Waals surface area contributed by atoms with Crippen LogP contribution in [0.4, 0.5) is 0 Å². The molecule has 0 amide bonds. The minimum Gasteiger partial charge on any atom is -0.469 e. The van der Waals surface area contributed by atoms with Crippen molar-refractivity contribution in [2.75, 3.05) is 7.11 Å². The fourth-order valence-electron chi connectivity index (χ4n) is 1.31. The summed E-state index contributed by atoms with van der Waals surface area (Å²) in [5, 5.41) is 0.599. The molecule has 0 saturated carbocycles. The van der Waals surface area contributed by atoms with Gasteiger partial charge in [0.25, 0.3) is 0 Å². The third-order valence-electron chi connectivity index (χ3n) is 2.14. The molecule has 1 atom stereocenters. The summed E-state index contributed by atoms with van der Waals surface area (Å²) in [7, 11) is 1.25. The maximum atomic E-state index is 11.2. The molecule has 0 aliphatic heterocycles. The van der Waals surface area contributed by atoms with Crippen LogP contribution < -0.4 is 0 Å². The van der Waals surface area contributed by atoms with Gasteiger partial charge in [0, 0.05) is 0 Å². The van der Waals surface area contributed by atoms with Crippen LogP contribution in [0.15, 0.2) is 23.2 Å². The van der Waals surface area contributed by atoms with Crippen molar-refractivity contribution >= 4 is 35.3 Å². The third-order valence-corrected chi connectivity index (χ3v) is 2.97. The summed E-state index contributed by atoms with van der Waals surface area (Å²) in [6.45, 7) is 0. The van der Waals surface area contributed by atoms with Crippen LogP contribution in [0.25, 0.3) is 0 Å². The van der Waals surface area contributed by atoms with E-state index < -0.39 is 12.0 Å². The lowest BCUT2D eigenvalue weighted by atomic mass is 10.0. The fourth-order valence-corrected chi connectivity index (χ4v) is 1.74. The molecule has 0 aromatic heterocycles. The molecule has 6 heteroatoms. The molecule has 0 saturated heterocycles. The fraction of sp³-hybridized carbons (Fsp3) is 0.273. The van der Waals surface area contributed by atoms with E-state index in [1.54, 1.807) is 18.2 Å². The quantitative estimate of drug-likeness (QED) is 0.482. The largest absolute Gasteiger partial charge is 0.469 e. The number of hydrogen-bond acceptors (Lipinski definition) is 4. The first-order chi connectivity index (χ1) is 8.10. The molecular weight excluding hydrogens is 265 g/mol. The van der Waals surface area contributed by atoms with Crippen LogP contribution in [0.3, 0.4) is 0 Å². The zero-order chi connectivity index (χ0) is 12.8. The molecule has 0 bridgehead atoms. The topological polar surface area (TPSA) is 55.7 Å². The highest BCUT2D eigenvalue weighted by molar-refractivity contribution is 6.42. The molecule has 0 radical (unpaired) electrons. The minimum absolute atomic E-state index is 0.0915. The van der Waals surface area contributed by atoms with E-state index in [1.807, 2.05) is 0 Å². The standard InChI is InChI=1S/C11H9Cl2NO3/c1-17-10(16)5-9(14-6-15)7-3-2-4-8(12)11(7)13/h2-4,9H,5H2,1H3. The molecule has 0 N–H and O–H groups in total. The van der Waals surface area contributed by atoms with Gasteiger partial charge >= 0.3 is 5.97 Å². The molecule has 0 heterocycles. The predicted octanol–water partition coefficient (Wildman–Crippen LogP) is 2.93. The first-order valence-electron chi connectivity index (χ1n) is 4.67. The van der Waals surface area contributed by atoms with Crippen LogP contribution in [-0.2, 0) is 14.3 Å². The smallest absolute Gasteiger partial charge is 0.308 e. The number of carbonyl (C=O) groups is 1. The Labute approximate surface area is 108 Å². The first kappa shape index (κ1) is 13.7. The number of halogens is 2. The number of rotatable bonds is 4. The van der Waals surface area contributed by atoms with E-state index in [1.165, 1.54) is 13.2 Å². The second-order valence-corrected chi connectivity index (χ2v) is 3.94. The van der Waals surface area contributed by atoms with Gasteiger partial charge in [-0.3, -0.25) is 4.79 Å². The number of methoxy groups -OCH3 is 1. The maximum absolute atomic E-state index is 11.2. The number of carbonyl (C=O) groups excluding carboxylic acids is 2. The molecule has 1 aromatic carbocycles. The van der Waals surface area contributed by atoms with Gasteiger partial charge in [0.05, 0.1) is 29.6 Å². The summed E-state index contributed by atoms with van der Waals surface area (Å²) in [5.41, 5.74) is 0.493. The Kier molecular flexibility index (Phi) is 5.16. The molecule has 0 aliphatic rings. The van der Waals surface area contributed by atoms with E-state index in [2.05, 4.69) is 9.73 Å². The van der Waals surface area contributed by atoms with Crippen molar-refractivity contribution in [3.05, 3.63) is 33.8 Å². The van der Waals surface area contributed by atoms with Crippen molar-refractivity contribution in [3.63, 3.8) is 0 Å². The van der Waals surface area contributed by atoms with Crippen LogP contribution in [0.5, 0.6) is 0 Å². The van der Waals surface area contributed by atoms with Crippen LogP contribution in [-0.4, -0.2) is 19.2 Å². The molecule has 17 heavy (non-hydrogen) atoms. The van der Waals surface area contributed by atoms with Crippen LogP contribution in [0, 0.1) is 0 Å². The number of ether oxygens (including phenoxy) is 1. The van der Waals surface area contributed by atoms with E-state index >= 15 is 0 Å². The van der Waals surface area contributed by atoms with Gasteiger partial charge in [0.15, 0.2) is 0 Å². The summed E-state index contributed by atoms with van der Waals surface area (Å²) in [6.07, 6.45) is 1.32. The second kappa shape index (κ2) is 6.40. The van der Waals surface area contributed by atoms with Crippen molar-refractivity contribution in [2.45, 2.75) is 12.5 Å². The highest BCUT2D eigenvalue weighted by atomic mass is 35.5. The average Bonchev–Trinajstić information content (AvgIpc) is 2.32. The normalized spacial score (nSPS) is 11.5. The molecule has 1 rings (SSSR count). The van der Waals surface area contributed by atoms with Gasteiger partial charge in [-0.2, -0.15) is 4.99 Å². The highest BCUT2D eigenvalue weighted by Gasteiger charge is 2.19. The van der Waals surface area contributed by atoms with Crippen molar-refractivity contribution in [3.8, 4) is 0 Å². The Hall–Kier alpha value is -1.35. The van der Waals surface area contributed by atoms with Crippen molar-refractivity contribution in [2.24, 2.45) is 4.99 Å². The Balaban J connectivity index is 3.09. The molecule has 90 valence electrons. The number of benzene rings is 1. The van der Waals surface area contributed by atoms with Gasteiger partial charge in [0.1, 0.15) is 0 Å². The lowest BCUT2D eigenvalue weighted by Crippen LogP contribution is -2.07. The Morgan fingerprint density at radius 2 is 2.24 bits per heavy atom. The first-order valence-corrected chi connectivity index (χ1v) is 5.43.